The Morgan fingerprint density at radius 2 is 1.64 bits per heavy atom. The highest BCUT2D eigenvalue weighted by Gasteiger charge is 2.41. The van der Waals surface area contributed by atoms with Crippen LogP contribution in [0.1, 0.15) is 60.3 Å². The molecule has 3 aromatic carbocycles. The fraction of sp³-hybridized carbons (Fsp3) is 0.400. The zero-order valence-electron chi connectivity index (χ0n) is 30.4. The van der Waals surface area contributed by atoms with Crippen LogP contribution >= 0.6 is 0 Å². The largest absolute Gasteiger partial charge is 0.492 e. The summed E-state index contributed by atoms with van der Waals surface area (Å²) in [7, 11) is 1.63. The lowest BCUT2D eigenvalue weighted by atomic mass is 10.0. The number of nitrogens with one attached hydrogen (secondary N) is 2. The molecule has 0 aliphatic carbocycles. The molecule has 0 spiro atoms. The summed E-state index contributed by atoms with van der Waals surface area (Å²) in [5.74, 6) is -0.349. The van der Waals surface area contributed by atoms with E-state index in [2.05, 4.69) is 20.9 Å². The molecule has 0 unspecified atom stereocenters. The molecule has 7 rings (SSSR count). The Kier molecular flexibility index (Phi) is 12.0. The third kappa shape index (κ3) is 9.39. The number of rotatable bonds is 4. The van der Waals surface area contributed by atoms with Crippen LogP contribution < -0.4 is 20.1 Å². The maximum atomic E-state index is 14.3. The van der Waals surface area contributed by atoms with Crippen LogP contribution in [-0.4, -0.2) is 86.7 Å². The van der Waals surface area contributed by atoms with Crippen LogP contribution in [0, 0.1) is 5.92 Å². The first-order valence-corrected chi connectivity index (χ1v) is 18.2. The smallest absolute Gasteiger partial charge is 0.255 e. The summed E-state index contributed by atoms with van der Waals surface area (Å²) in [6.07, 6.45) is 3.49. The van der Waals surface area contributed by atoms with Crippen LogP contribution in [-0.2, 0) is 40.5 Å². The van der Waals surface area contributed by atoms with Gasteiger partial charge in [0.2, 0.25) is 17.7 Å². The Hall–Kier alpha value is -5.72. The van der Waals surface area contributed by atoms with Crippen molar-refractivity contribution < 1.29 is 28.7 Å². The molecule has 4 heterocycles. The van der Waals surface area contributed by atoms with Gasteiger partial charge in [-0.25, -0.2) is 4.68 Å². The number of hydrogen-bond donors (Lipinski definition) is 2. The summed E-state index contributed by atoms with van der Waals surface area (Å²) in [5, 5.41) is 14.4. The van der Waals surface area contributed by atoms with Crippen molar-refractivity contribution in [3.8, 4) is 11.5 Å². The lowest BCUT2D eigenvalue weighted by Gasteiger charge is -2.34. The van der Waals surface area contributed by atoms with E-state index in [0.29, 0.717) is 62.6 Å². The van der Waals surface area contributed by atoms with Gasteiger partial charge in [-0.3, -0.25) is 19.2 Å². The standard InChI is InChI=1S/C40H47N7O6/c1-27(2)22-33-39(50)47-19-9-13-34(47)40(51)45(3)35(23-28-10-5-4-6-11-28)38(49)41-24-29-15-17-31(18-16-29)52-21-20-46-25-30(43-44-46)26-53-36-14-8-7-12-32(36)37(48)42-33/h4-8,10-12,14-18,25,27,33-35H,9,13,19-24,26H2,1-3H3,(H,41,49)(H,42,48)/t33-,34-,35+/m1/s1. The maximum absolute atomic E-state index is 14.3. The minimum atomic E-state index is -0.884. The van der Waals surface area contributed by atoms with Crippen LogP contribution in [0.2, 0.25) is 0 Å². The van der Waals surface area contributed by atoms with E-state index >= 15 is 0 Å². The van der Waals surface area contributed by atoms with E-state index in [4.69, 9.17) is 9.47 Å². The van der Waals surface area contributed by atoms with Crippen molar-refractivity contribution in [2.24, 2.45) is 5.92 Å². The minimum Gasteiger partial charge on any atom is -0.492 e. The molecule has 0 saturated carbocycles. The molecule has 13 nitrogen and oxygen atoms in total. The van der Waals surface area contributed by atoms with E-state index in [9.17, 15) is 19.2 Å². The number of ether oxygens (including phenoxy) is 2. The minimum absolute atomic E-state index is 0.0682. The highest BCUT2D eigenvalue weighted by atomic mass is 16.5. The first kappa shape index (κ1) is 37.1. The Labute approximate surface area is 309 Å². The Balaban J connectivity index is 1.30. The summed E-state index contributed by atoms with van der Waals surface area (Å²) in [4.78, 5) is 59.3. The van der Waals surface area contributed by atoms with E-state index in [0.717, 1.165) is 11.1 Å². The molecule has 53 heavy (non-hydrogen) atoms. The van der Waals surface area contributed by atoms with Gasteiger partial charge < -0.3 is 29.9 Å². The van der Waals surface area contributed by atoms with Gasteiger partial charge in [-0.15, -0.1) is 5.10 Å². The van der Waals surface area contributed by atoms with Gasteiger partial charge in [0.05, 0.1) is 18.3 Å². The van der Waals surface area contributed by atoms with Crippen molar-refractivity contribution in [2.45, 2.75) is 77.4 Å². The number of nitrogens with zero attached hydrogens (tertiary/aromatic N) is 5. The highest BCUT2D eigenvalue weighted by molar-refractivity contribution is 6.00. The number of hydrogen-bond acceptors (Lipinski definition) is 8. The van der Waals surface area contributed by atoms with Gasteiger partial charge in [-0.1, -0.05) is 73.7 Å². The molecule has 3 aliphatic heterocycles. The molecule has 4 aromatic rings. The average Bonchev–Trinajstić information content (AvgIpc) is 3.85. The monoisotopic (exact) mass is 721 g/mol. The molecule has 1 aromatic heterocycles. The number of amides is 4. The lowest BCUT2D eigenvalue weighted by Crippen LogP contribution is -2.57. The normalized spacial score (nSPS) is 20.6. The summed E-state index contributed by atoms with van der Waals surface area (Å²) >= 11 is 0. The van der Waals surface area contributed by atoms with Gasteiger partial charge in [-0.2, -0.15) is 0 Å². The molecule has 13 heteroatoms. The van der Waals surface area contributed by atoms with Gasteiger partial charge in [0.15, 0.2) is 0 Å². The summed E-state index contributed by atoms with van der Waals surface area (Å²) < 4.78 is 13.6. The SMILES string of the molecule is CC(C)C[C@H]1NC(=O)c2ccccc2OCc2cn(nn2)CCOc2ccc(cc2)CNC(=O)[C@H](Cc2ccccc2)N(C)C(=O)[C@H]2CCCN2C1=O. The van der Waals surface area contributed by atoms with Gasteiger partial charge in [-0.05, 0) is 60.6 Å². The molecule has 3 aliphatic rings. The lowest BCUT2D eigenvalue weighted by molar-refractivity contribution is -0.147. The van der Waals surface area contributed by atoms with Crippen molar-refractivity contribution in [2.75, 3.05) is 20.2 Å². The number of fused-ring (bicyclic) bond motifs is 13. The molecule has 1 fully saturated rings. The van der Waals surface area contributed by atoms with Gasteiger partial charge in [0.25, 0.3) is 5.91 Å². The molecule has 0 radical (unpaired) electrons. The van der Waals surface area contributed by atoms with Gasteiger partial charge in [0.1, 0.15) is 48.5 Å². The average molecular weight is 722 g/mol. The number of para-hydroxylation sites is 1. The van der Waals surface area contributed by atoms with Crippen LogP contribution in [0.3, 0.4) is 0 Å². The van der Waals surface area contributed by atoms with E-state index < -0.39 is 24.0 Å². The molecular formula is C40H47N7O6. The number of aromatic nitrogens is 3. The van der Waals surface area contributed by atoms with E-state index in [-0.39, 0.29) is 42.4 Å². The third-order valence-corrected chi connectivity index (χ3v) is 9.59. The van der Waals surface area contributed by atoms with Crippen molar-refractivity contribution in [3.05, 3.63) is 107 Å². The zero-order chi connectivity index (χ0) is 37.3. The number of benzene rings is 3. The Bertz CT molecular complexity index is 1880. The fourth-order valence-corrected chi connectivity index (χ4v) is 6.76. The van der Waals surface area contributed by atoms with E-state index in [1.165, 1.54) is 4.90 Å². The van der Waals surface area contributed by atoms with Crippen LogP contribution in [0.25, 0.3) is 0 Å². The number of likely N-dealkylation sites (N-methyl/N-ethyl adjacent to an activating group) is 1. The third-order valence-electron chi connectivity index (χ3n) is 9.59. The van der Waals surface area contributed by atoms with E-state index in [1.807, 2.05) is 68.4 Å². The molecule has 4 bridgehead atoms. The molecule has 278 valence electrons. The number of carbonyl (C=O) groups is 4. The maximum Gasteiger partial charge on any atom is 0.255 e. The highest BCUT2D eigenvalue weighted by Crippen LogP contribution is 2.25. The predicted octanol–water partition coefficient (Wildman–Crippen LogP) is 3.77. The van der Waals surface area contributed by atoms with Crippen molar-refractivity contribution in [3.63, 3.8) is 0 Å². The van der Waals surface area contributed by atoms with Crippen LogP contribution in [0.4, 0.5) is 0 Å². The summed E-state index contributed by atoms with van der Waals surface area (Å²) in [5.41, 5.74) is 2.61. The second-order valence-corrected chi connectivity index (χ2v) is 14.0. The summed E-state index contributed by atoms with van der Waals surface area (Å²) in [6.45, 7) is 5.45. The second-order valence-electron chi connectivity index (χ2n) is 14.0. The predicted molar refractivity (Wildman–Crippen MR) is 197 cm³/mol. The fourth-order valence-electron chi connectivity index (χ4n) is 6.76. The number of carbonyl (C=O) groups excluding carboxylic acids is 4. The van der Waals surface area contributed by atoms with Crippen molar-refractivity contribution in [1.29, 1.82) is 0 Å². The van der Waals surface area contributed by atoms with Crippen molar-refractivity contribution >= 4 is 23.6 Å². The van der Waals surface area contributed by atoms with Gasteiger partial charge >= 0.3 is 0 Å². The quantitative estimate of drug-likeness (QED) is 0.324. The molecule has 2 N–H and O–H groups in total. The molecule has 4 amide bonds. The first-order valence-electron chi connectivity index (χ1n) is 18.2. The Morgan fingerprint density at radius 1 is 0.887 bits per heavy atom. The van der Waals surface area contributed by atoms with E-state index in [1.54, 1.807) is 47.1 Å². The Morgan fingerprint density at radius 3 is 2.42 bits per heavy atom. The molecule has 1 saturated heterocycles. The second kappa shape index (κ2) is 17.2. The first-order chi connectivity index (χ1) is 25.7. The van der Waals surface area contributed by atoms with Gasteiger partial charge in [0, 0.05) is 26.6 Å². The van der Waals surface area contributed by atoms with Crippen LogP contribution in [0.15, 0.2) is 85.1 Å². The molecular weight excluding hydrogens is 674 g/mol. The molecule has 3 atom stereocenters. The topological polar surface area (TPSA) is 148 Å². The van der Waals surface area contributed by atoms with Crippen molar-refractivity contribution in [1.82, 2.24) is 35.4 Å². The zero-order valence-corrected chi connectivity index (χ0v) is 30.4. The summed E-state index contributed by atoms with van der Waals surface area (Å²) in [6, 6.07) is 21.4. The van der Waals surface area contributed by atoms with Crippen LogP contribution in [0.5, 0.6) is 11.5 Å².